The molecule has 0 fully saturated rings. The van der Waals surface area contributed by atoms with Gasteiger partial charge in [-0.25, -0.2) is 0 Å². The van der Waals surface area contributed by atoms with Crippen LogP contribution in [-0.2, 0) is 6.42 Å². The summed E-state index contributed by atoms with van der Waals surface area (Å²) in [6.45, 7) is 2.10. The fourth-order valence-electron chi connectivity index (χ4n) is 2.41. The molecular weight excluding hydrogens is 258 g/mol. The highest BCUT2D eigenvalue weighted by molar-refractivity contribution is 5.46. The van der Waals surface area contributed by atoms with E-state index in [0.29, 0.717) is 0 Å². The van der Waals surface area contributed by atoms with Crippen molar-refractivity contribution in [2.75, 3.05) is 5.32 Å². The maximum atomic E-state index is 5.60. The molecule has 0 radical (unpaired) electrons. The molecule has 106 valence electrons. The summed E-state index contributed by atoms with van der Waals surface area (Å²) in [5.41, 5.74) is 3.66. The molecule has 0 bridgehead atoms. The molecule has 0 saturated heterocycles. The van der Waals surface area contributed by atoms with Gasteiger partial charge in [0.1, 0.15) is 5.76 Å². The van der Waals surface area contributed by atoms with Gasteiger partial charge in [-0.1, -0.05) is 48.0 Å². The Morgan fingerprint density at radius 3 is 2.33 bits per heavy atom. The van der Waals surface area contributed by atoms with Gasteiger partial charge in [0.2, 0.25) is 0 Å². The van der Waals surface area contributed by atoms with Crippen LogP contribution >= 0.6 is 0 Å². The Bertz CT molecular complexity index is 657. The van der Waals surface area contributed by atoms with Gasteiger partial charge in [-0.15, -0.1) is 0 Å². The van der Waals surface area contributed by atoms with Crippen molar-refractivity contribution >= 4 is 5.69 Å². The first-order valence-electron chi connectivity index (χ1n) is 7.22. The maximum Gasteiger partial charge on any atom is 0.126 e. The van der Waals surface area contributed by atoms with Gasteiger partial charge < -0.3 is 9.73 Å². The first-order chi connectivity index (χ1) is 10.3. The van der Waals surface area contributed by atoms with Crippen LogP contribution in [0.15, 0.2) is 77.4 Å². The van der Waals surface area contributed by atoms with Crippen LogP contribution in [0.5, 0.6) is 0 Å². The lowest BCUT2D eigenvalue weighted by Crippen LogP contribution is -2.13. The van der Waals surface area contributed by atoms with Crippen LogP contribution in [0.4, 0.5) is 5.69 Å². The van der Waals surface area contributed by atoms with Crippen LogP contribution in [0.3, 0.4) is 0 Å². The topological polar surface area (TPSA) is 25.2 Å². The summed E-state index contributed by atoms with van der Waals surface area (Å²) in [5.74, 6) is 0.958. The Kier molecular flexibility index (Phi) is 4.06. The highest BCUT2D eigenvalue weighted by atomic mass is 16.3. The van der Waals surface area contributed by atoms with Gasteiger partial charge in [0.05, 0.1) is 12.3 Å². The van der Waals surface area contributed by atoms with E-state index in [9.17, 15) is 0 Å². The largest absolute Gasteiger partial charge is 0.467 e. The number of furan rings is 1. The smallest absolute Gasteiger partial charge is 0.126 e. The Morgan fingerprint density at radius 2 is 1.67 bits per heavy atom. The zero-order valence-corrected chi connectivity index (χ0v) is 12.1. The normalized spacial score (nSPS) is 12.0. The number of aryl methyl sites for hydroxylation is 1. The third kappa shape index (κ3) is 3.54. The van der Waals surface area contributed by atoms with E-state index < -0.39 is 0 Å². The molecule has 0 spiro atoms. The molecule has 1 atom stereocenters. The predicted molar refractivity (Wildman–Crippen MR) is 86.4 cm³/mol. The van der Waals surface area contributed by atoms with E-state index in [1.54, 1.807) is 6.26 Å². The Morgan fingerprint density at radius 1 is 0.905 bits per heavy atom. The molecule has 1 unspecified atom stereocenters. The van der Waals surface area contributed by atoms with Crippen LogP contribution in [0, 0.1) is 6.92 Å². The lowest BCUT2D eigenvalue weighted by Gasteiger charge is -2.18. The summed E-state index contributed by atoms with van der Waals surface area (Å²) in [4.78, 5) is 0. The average Bonchev–Trinajstić information content (AvgIpc) is 3.04. The van der Waals surface area contributed by atoms with Gasteiger partial charge in [-0.05, 0) is 43.2 Å². The minimum absolute atomic E-state index is 0.130. The molecule has 2 heteroatoms. The lowest BCUT2D eigenvalue weighted by atomic mass is 10.0. The molecule has 0 aliphatic carbocycles. The molecular formula is C19H19NO. The Balaban J connectivity index is 1.81. The fraction of sp³-hybridized carbons (Fsp3) is 0.158. The van der Waals surface area contributed by atoms with Gasteiger partial charge in [-0.3, -0.25) is 0 Å². The monoisotopic (exact) mass is 277 g/mol. The zero-order chi connectivity index (χ0) is 14.5. The van der Waals surface area contributed by atoms with E-state index in [1.807, 2.05) is 18.2 Å². The molecule has 0 aliphatic rings. The predicted octanol–water partition coefficient (Wildman–Crippen LogP) is 4.98. The highest BCUT2D eigenvalue weighted by Gasteiger charge is 2.14. The van der Waals surface area contributed by atoms with E-state index in [0.717, 1.165) is 17.9 Å². The number of rotatable bonds is 5. The van der Waals surface area contributed by atoms with E-state index in [2.05, 4.69) is 60.8 Å². The summed E-state index contributed by atoms with van der Waals surface area (Å²) in [6.07, 6.45) is 2.62. The van der Waals surface area contributed by atoms with Crippen LogP contribution in [-0.4, -0.2) is 0 Å². The highest BCUT2D eigenvalue weighted by Crippen LogP contribution is 2.24. The summed E-state index contributed by atoms with van der Waals surface area (Å²) in [6, 6.07) is 23.0. The molecule has 1 aromatic heterocycles. The molecule has 0 amide bonds. The average molecular weight is 277 g/mol. The van der Waals surface area contributed by atoms with Crippen LogP contribution in [0.2, 0.25) is 0 Å². The van der Waals surface area contributed by atoms with Crippen LogP contribution < -0.4 is 5.32 Å². The number of nitrogens with one attached hydrogen (secondary N) is 1. The molecule has 3 aromatic rings. The minimum atomic E-state index is 0.130. The van der Waals surface area contributed by atoms with Crippen molar-refractivity contribution in [3.8, 4) is 0 Å². The summed E-state index contributed by atoms with van der Waals surface area (Å²) in [7, 11) is 0. The second-order valence-corrected chi connectivity index (χ2v) is 5.27. The number of benzene rings is 2. The molecule has 0 aliphatic heterocycles. The van der Waals surface area contributed by atoms with Crippen molar-refractivity contribution in [2.24, 2.45) is 0 Å². The van der Waals surface area contributed by atoms with Crippen LogP contribution in [0.25, 0.3) is 0 Å². The van der Waals surface area contributed by atoms with Crippen molar-refractivity contribution in [1.82, 2.24) is 0 Å². The number of hydrogen-bond acceptors (Lipinski definition) is 2. The van der Waals surface area contributed by atoms with Gasteiger partial charge in [0.25, 0.3) is 0 Å². The summed E-state index contributed by atoms with van der Waals surface area (Å²) >= 11 is 0. The molecule has 1 heterocycles. The second kappa shape index (κ2) is 6.31. The molecule has 0 saturated carbocycles. The quantitative estimate of drug-likeness (QED) is 0.711. The SMILES string of the molecule is Cc1ccc(NC(Cc2ccccc2)c2ccco2)cc1. The minimum Gasteiger partial charge on any atom is -0.467 e. The second-order valence-electron chi connectivity index (χ2n) is 5.27. The maximum absolute atomic E-state index is 5.60. The van der Waals surface area contributed by atoms with Crippen molar-refractivity contribution in [2.45, 2.75) is 19.4 Å². The van der Waals surface area contributed by atoms with Crippen molar-refractivity contribution in [3.63, 3.8) is 0 Å². The number of hydrogen-bond donors (Lipinski definition) is 1. The number of anilines is 1. The lowest BCUT2D eigenvalue weighted by molar-refractivity contribution is 0.477. The van der Waals surface area contributed by atoms with Gasteiger partial charge >= 0.3 is 0 Å². The van der Waals surface area contributed by atoms with Crippen molar-refractivity contribution in [3.05, 3.63) is 89.9 Å². The van der Waals surface area contributed by atoms with Gasteiger partial charge in [0.15, 0.2) is 0 Å². The van der Waals surface area contributed by atoms with Gasteiger partial charge in [-0.2, -0.15) is 0 Å². The van der Waals surface area contributed by atoms with Crippen molar-refractivity contribution < 1.29 is 4.42 Å². The summed E-state index contributed by atoms with van der Waals surface area (Å²) < 4.78 is 5.60. The first kappa shape index (κ1) is 13.5. The first-order valence-corrected chi connectivity index (χ1v) is 7.22. The Hall–Kier alpha value is -2.48. The zero-order valence-electron chi connectivity index (χ0n) is 12.1. The third-order valence-corrected chi connectivity index (χ3v) is 3.56. The molecule has 21 heavy (non-hydrogen) atoms. The summed E-state index contributed by atoms with van der Waals surface area (Å²) in [5, 5.41) is 3.56. The molecule has 2 aromatic carbocycles. The molecule has 3 rings (SSSR count). The van der Waals surface area contributed by atoms with E-state index in [4.69, 9.17) is 4.42 Å². The fourth-order valence-corrected chi connectivity index (χ4v) is 2.41. The van der Waals surface area contributed by atoms with E-state index in [-0.39, 0.29) is 6.04 Å². The molecule has 2 nitrogen and oxygen atoms in total. The van der Waals surface area contributed by atoms with E-state index in [1.165, 1.54) is 11.1 Å². The standard InChI is InChI=1S/C19H19NO/c1-15-9-11-17(12-10-15)20-18(19-8-5-13-21-19)14-16-6-3-2-4-7-16/h2-13,18,20H,14H2,1H3. The third-order valence-electron chi connectivity index (χ3n) is 3.56. The Labute approximate surface area is 125 Å². The van der Waals surface area contributed by atoms with Crippen LogP contribution in [0.1, 0.15) is 22.9 Å². The van der Waals surface area contributed by atoms with E-state index >= 15 is 0 Å². The molecule has 1 N–H and O–H groups in total. The van der Waals surface area contributed by atoms with Crippen molar-refractivity contribution in [1.29, 1.82) is 0 Å². The van der Waals surface area contributed by atoms with Gasteiger partial charge in [0, 0.05) is 5.69 Å².